The highest BCUT2D eigenvalue weighted by atomic mass is 35.5. The van der Waals surface area contributed by atoms with Gasteiger partial charge in [-0.2, -0.15) is 0 Å². The summed E-state index contributed by atoms with van der Waals surface area (Å²) in [7, 11) is 0. The summed E-state index contributed by atoms with van der Waals surface area (Å²) in [6.45, 7) is 8.97. The largest absolute Gasteiger partial charge is 0.436 e. The first-order valence-corrected chi connectivity index (χ1v) is 16.5. The molecule has 1 aromatic carbocycles. The van der Waals surface area contributed by atoms with Crippen molar-refractivity contribution in [2.75, 3.05) is 50.7 Å². The Balaban J connectivity index is 1.25. The van der Waals surface area contributed by atoms with Crippen molar-refractivity contribution in [3.63, 3.8) is 0 Å². The van der Waals surface area contributed by atoms with Gasteiger partial charge in [0, 0.05) is 74.3 Å². The number of piperidine rings is 1. The molecule has 0 saturated carbocycles. The van der Waals surface area contributed by atoms with E-state index in [1.807, 2.05) is 34.1 Å². The first-order valence-electron chi connectivity index (χ1n) is 15.8. The Morgan fingerprint density at radius 1 is 1.00 bits per heavy atom. The molecule has 246 valence electrons. The van der Waals surface area contributed by atoms with Crippen LogP contribution >= 0.6 is 23.2 Å². The van der Waals surface area contributed by atoms with E-state index in [1.54, 1.807) is 32.3 Å². The van der Waals surface area contributed by atoms with Crippen molar-refractivity contribution < 1.29 is 19.4 Å². The fourth-order valence-electron chi connectivity index (χ4n) is 5.74. The lowest BCUT2D eigenvalue weighted by molar-refractivity contribution is -0.132. The van der Waals surface area contributed by atoms with Gasteiger partial charge in [-0.1, -0.05) is 23.2 Å². The highest BCUT2D eigenvalue weighted by Crippen LogP contribution is 2.31. The Labute approximate surface area is 279 Å². The van der Waals surface area contributed by atoms with E-state index in [0.29, 0.717) is 78.3 Å². The molecule has 1 atom stereocenters. The summed E-state index contributed by atoms with van der Waals surface area (Å²) < 4.78 is 6.19. The third kappa shape index (κ3) is 9.75. The molecule has 5 rings (SSSR count). The highest BCUT2D eigenvalue weighted by Gasteiger charge is 2.23. The molecule has 46 heavy (non-hydrogen) atoms. The predicted octanol–water partition coefficient (Wildman–Crippen LogP) is 4.80. The van der Waals surface area contributed by atoms with Crippen molar-refractivity contribution >= 4 is 41.0 Å². The molecular weight excluding hydrogens is 629 g/mol. The predicted molar refractivity (Wildman–Crippen MR) is 178 cm³/mol. The number of likely N-dealkylation sites (tertiary alicyclic amines) is 1. The van der Waals surface area contributed by atoms with E-state index in [2.05, 4.69) is 20.2 Å². The lowest BCUT2D eigenvalue weighted by atomic mass is 9.96. The summed E-state index contributed by atoms with van der Waals surface area (Å²) in [6.07, 6.45) is 5.63. The van der Waals surface area contributed by atoms with Crippen LogP contribution in [0.3, 0.4) is 0 Å². The van der Waals surface area contributed by atoms with Crippen LogP contribution in [0.5, 0.6) is 11.6 Å². The number of aliphatic hydroxyl groups is 1. The number of aromatic nitrogens is 3. The third-order valence-corrected chi connectivity index (χ3v) is 8.74. The van der Waals surface area contributed by atoms with Gasteiger partial charge in [0.15, 0.2) is 5.75 Å². The molecule has 0 aliphatic carbocycles. The number of anilines is 1. The van der Waals surface area contributed by atoms with Crippen LogP contribution in [0.2, 0.25) is 10.0 Å². The molecule has 0 spiro atoms. The SMILES string of the molecule is CC(=O)NCC1CCN(Cc2cc(Oc3cnc(N4CCN(C(=O)CCC(C)O)CC4)nc3)nc(-c3cc(Cl)cc(Cl)c3)c2)CC1. The number of carbonyl (C=O) groups is 2. The molecule has 2 amide bonds. The van der Waals surface area contributed by atoms with Crippen molar-refractivity contribution in [2.45, 2.75) is 52.2 Å². The van der Waals surface area contributed by atoms with Crippen LogP contribution in [0.25, 0.3) is 11.3 Å². The van der Waals surface area contributed by atoms with Crippen LogP contribution in [0.1, 0.15) is 45.1 Å². The normalized spacial score (nSPS) is 16.7. The second kappa shape index (κ2) is 15.9. The molecule has 2 N–H and O–H groups in total. The topological polar surface area (TPSA) is 124 Å². The third-order valence-electron chi connectivity index (χ3n) is 8.30. The molecule has 2 fully saturated rings. The van der Waals surface area contributed by atoms with E-state index >= 15 is 0 Å². The minimum Gasteiger partial charge on any atom is -0.436 e. The number of hydrogen-bond acceptors (Lipinski definition) is 9. The standard InChI is InChI=1S/C33H41Cl2N7O4/c1-22(43)3-4-32(45)41-9-11-42(12-10-41)33-37-19-29(20-38-33)46-31-14-25(13-30(39-31)26-15-27(34)17-28(35)16-26)21-40-7-5-24(6-8-40)18-36-23(2)44/h13-17,19-20,22,24,43H,3-12,18,21H2,1-2H3,(H,36,44). The van der Waals surface area contributed by atoms with Gasteiger partial charge in [-0.25, -0.2) is 15.0 Å². The first kappa shape index (κ1) is 33.8. The van der Waals surface area contributed by atoms with Crippen molar-refractivity contribution in [3.8, 4) is 22.9 Å². The number of aliphatic hydroxyl groups excluding tert-OH is 1. The monoisotopic (exact) mass is 669 g/mol. The summed E-state index contributed by atoms with van der Waals surface area (Å²) in [5.74, 6) is 1.99. The second-order valence-electron chi connectivity index (χ2n) is 12.1. The molecular formula is C33H41Cl2N7O4. The molecule has 2 aliphatic heterocycles. The number of piperazine rings is 1. The highest BCUT2D eigenvalue weighted by molar-refractivity contribution is 6.35. The fourth-order valence-corrected chi connectivity index (χ4v) is 6.27. The molecule has 4 heterocycles. The van der Waals surface area contributed by atoms with Gasteiger partial charge < -0.3 is 25.0 Å². The average molecular weight is 671 g/mol. The van der Waals surface area contributed by atoms with Gasteiger partial charge >= 0.3 is 0 Å². The number of hydrogen-bond donors (Lipinski definition) is 2. The summed E-state index contributed by atoms with van der Waals surface area (Å²) in [6, 6.07) is 9.31. The zero-order valence-electron chi connectivity index (χ0n) is 26.3. The van der Waals surface area contributed by atoms with Crippen molar-refractivity contribution in [1.82, 2.24) is 30.1 Å². The van der Waals surface area contributed by atoms with Gasteiger partial charge in [0.1, 0.15) is 0 Å². The smallest absolute Gasteiger partial charge is 0.225 e. The molecule has 11 nitrogen and oxygen atoms in total. The van der Waals surface area contributed by atoms with Gasteiger partial charge in [0.25, 0.3) is 0 Å². The maximum atomic E-state index is 12.4. The number of rotatable bonds is 11. The zero-order chi connectivity index (χ0) is 32.6. The molecule has 3 aromatic rings. The number of ether oxygens (including phenoxy) is 1. The average Bonchev–Trinajstić information content (AvgIpc) is 3.03. The van der Waals surface area contributed by atoms with E-state index in [4.69, 9.17) is 32.9 Å². The lowest BCUT2D eigenvalue weighted by Gasteiger charge is -2.34. The minimum absolute atomic E-state index is 0.0111. The van der Waals surface area contributed by atoms with Crippen molar-refractivity contribution in [2.24, 2.45) is 5.92 Å². The van der Waals surface area contributed by atoms with E-state index in [1.165, 1.54) is 0 Å². The van der Waals surface area contributed by atoms with Gasteiger partial charge in [-0.05, 0) is 75.0 Å². The number of halogens is 2. The molecule has 2 aliphatic rings. The van der Waals surface area contributed by atoms with Crippen LogP contribution in [-0.2, 0) is 16.1 Å². The van der Waals surface area contributed by atoms with E-state index in [0.717, 1.165) is 50.1 Å². The summed E-state index contributed by atoms with van der Waals surface area (Å²) in [5, 5.41) is 13.5. The molecule has 2 aromatic heterocycles. The van der Waals surface area contributed by atoms with Crippen LogP contribution in [-0.4, -0.2) is 93.6 Å². The van der Waals surface area contributed by atoms with E-state index in [9.17, 15) is 14.7 Å². The van der Waals surface area contributed by atoms with Crippen LogP contribution in [0.4, 0.5) is 5.95 Å². The quantitative estimate of drug-likeness (QED) is 0.296. The zero-order valence-corrected chi connectivity index (χ0v) is 27.8. The van der Waals surface area contributed by atoms with Crippen LogP contribution in [0, 0.1) is 5.92 Å². The second-order valence-corrected chi connectivity index (χ2v) is 13.0. The van der Waals surface area contributed by atoms with E-state index in [-0.39, 0.29) is 11.8 Å². The lowest BCUT2D eigenvalue weighted by Crippen LogP contribution is -2.49. The number of nitrogens with one attached hydrogen (secondary N) is 1. The van der Waals surface area contributed by atoms with Crippen molar-refractivity contribution in [3.05, 3.63) is 58.3 Å². The minimum atomic E-state index is -0.482. The fraction of sp³-hybridized carbons (Fsp3) is 0.485. The summed E-state index contributed by atoms with van der Waals surface area (Å²) in [4.78, 5) is 43.9. The number of pyridine rings is 1. The van der Waals surface area contributed by atoms with Gasteiger partial charge in [-0.15, -0.1) is 0 Å². The first-order chi connectivity index (χ1) is 22.1. The Bertz CT molecular complexity index is 1470. The Hall–Kier alpha value is -3.51. The Kier molecular flexibility index (Phi) is 11.7. The number of carbonyl (C=O) groups excluding carboxylic acids is 2. The summed E-state index contributed by atoms with van der Waals surface area (Å²) in [5.41, 5.74) is 2.51. The number of amides is 2. The Morgan fingerprint density at radius 3 is 2.30 bits per heavy atom. The van der Waals surface area contributed by atoms with Gasteiger partial charge in [0.2, 0.25) is 23.6 Å². The van der Waals surface area contributed by atoms with Crippen molar-refractivity contribution in [1.29, 1.82) is 0 Å². The van der Waals surface area contributed by atoms with Gasteiger partial charge in [-0.3, -0.25) is 14.5 Å². The van der Waals surface area contributed by atoms with Gasteiger partial charge in [0.05, 0.1) is 24.2 Å². The molecule has 0 radical (unpaired) electrons. The maximum absolute atomic E-state index is 12.4. The summed E-state index contributed by atoms with van der Waals surface area (Å²) >= 11 is 12.6. The Morgan fingerprint density at radius 2 is 1.67 bits per heavy atom. The number of nitrogens with zero attached hydrogens (tertiary/aromatic N) is 6. The number of benzene rings is 1. The van der Waals surface area contributed by atoms with Crippen LogP contribution in [0.15, 0.2) is 42.7 Å². The molecule has 2 saturated heterocycles. The molecule has 13 heteroatoms. The maximum Gasteiger partial charge on any atom is 0.225 e. The van der Waals surface area contributed by atoms with Crippen LogP contribution < -0.4 is 15.0 Å². The molecule has 1 unspecified atom stereocenters. The van der Waals surface area contributed by atoms with E-state index < -0.39 is 6.10 Å². The molecule has 0 bridgehead atoms.